The van der Waals surface area contributed by atoms with E-state index in [0.29, 0.717) is 28.4 Å². The van der Waals surface area contributed by atoms with E-state index in [1.807, 2.05) is 48.5 Å². The second-order valence-electron chi connectivity index (χ2n) is 7.35. The van der Waals surface area contributed by atoms with Gasteiger partial charge in [-0.3, -0.25) is 4.79 Å². The zero-order valence-electron chi connectivity index (χ0n) is 18.1. The number of fused-ring (bicyclic) bond motifs is 1. The molecule has 0 saturated carbocycles. The van der Waals surface area contributed by atoms with Crippen molar-refractivity contribution < 1.29 is 29.4 Å². The van der Waals surface area contributed by atoms with E-state index in [0.717, 1.165) is 36.8 Å². The molecule has 1 heterocycles. The number of ether oxygens (including phenoxy) is 1. The van der Waals surface area contributed by atoms with Gasteiger partial charge in [-0.2, -0.15) is 11.3 Å². The van der Waals surface area contributed by atoms with Crippen molar-refractivity contribution in [2.24, 2.45) is 0 Å². The molecule has 0 atom stereocenters. The van der Waals surface area contributed by atoms with E-state index in [-0.39, 0.29) is 11.8 Å². The van der Waals surface area contributed by atoms with Crippen molar-refractivity contribution in [3.05, 3.63) is 99.2 Å². The van der Waals surface area contributed by atoms with Crippen LogP contribution < -0.4 is 0 Å². The van der Waals surface area contributed by atoms with E-state index in [1.165, 1.54) is 4.88 Å². The number of halogens is 1. The quantitative estimate of drug-likeness (QED) is 0.139. The Morgan fingerprint density at radius 1 is 1.00 bits per heavy atom. The van der Waals surface area contributed by atoms with Crippen LogP contribution in [0.1, 0.15) is 56.5 Å². The zero-order valence-corrected chi connectivity index (χ0v) is 20.7. The maximum atomic E-state index is 12.9. The molecule has 0 radical (unpaired) electrons. The predicted octanol–water partition coefficient (Wildman–Crippen LogP) is 7.42. The SMILES string of the molecule is CCOC(=O)c1c([N-]/C(=C\C(=O)c2ccccc2)c2ccccc2)sc2c1CCCC2.[Cl][Cu+]. The summed E-state index contributed by atoms with van der Waals surface area (Å²) in [5.74, 6) is -0.454. The van der Waals surface area contributed by atoms with Gasteiger partial charge in [-0.05, 0) is 49.8 Å². The minimum absolute atomic E-state index is 0.123. The number of benzene rings is 2. The standard InChI is InChI=1S/C26H25NO3S.ClH.Cu/c1-2-30-26(29)24-20-15-9-10-16-23(20)31-25(24)27-21(18-11-5-3-6-12-18)17-22(28)19-13-7-4-8-14-19;;/h3-8,11-14,17H,2,9-10,15-16H2,1H3,(H,27,28,29);1H;/q;;+2/p-2. The first-order valence-corrected chi connectivity index (χ1v) is 12.8. The average molecular weight is 530 g/mol. The van der Waals surface area contributed by atoms with Gasteiger partial charge < -0.3 is 10.1 Å². The fraction of sp³-hybridized carbons (Fsp3) is 0.231. The number of ketones is 1. The second-order valence-corrected chi connectivity index (χ2v) is 8.43. The predicted molar refractivity (Wildman–Crippen MR) is 131 cm³/mol. The number of thiophene rings is 1. The first kappa shape index (κ1) is 25.3. The Hall–Kier alpha value is -2.37. The van der Waals surface area contributed by atoms with Crippen molar-refractivity contribution in [2.45, 2.75) is 32.6 Å². The summed E-state index contributed by atoms with van der Waals surface area (Å²) in [4.78, 5) is 26.9. The number of hydrogen-bond donors (Lipinski definition) is 0. The van der Waals surface area contributed by atoms with Crippen LogP contribution in [0.2, 0.25) is 0 Å². The van der Waals surface area contributed by atoms with Crippen molar-refractivity contribution in [2.75, 3.05) is 6.61 Å². The van der Waals surface area contributed by atoms with Crippen LogP contribution in [0.5, 0.6) is 0 Å². The second kappa shape index (κ2) is 12.8. The Bertz CT molecular complexity index is 1110. The van der Waals surface area contributed by atoms with Crippen LogP contribution in [0.4, 0.5) is 5.00 Å². The third kappa shape index (κ3) is 6.36. The van der Waals surface area contributed by atoms with Gasteiger partial charge >= 0.3 is 31.2 Å². The van der Waals surface area contributed by atoms with Gasteiger partial charge in [0, 0.05) is 10.4 Å². The summed E-state index contributed by atoms with van der Waals surface area (Å²) in [6.45, 7) is 2.12. The van der Waals surface area contributed by atoms with Crippen molar-refractivity contribution in [3.63, 3.8) is 0 Å². The Balaban J connectivity index is 0.00000149. The Labute approximate surface area is 211 Å². The van der Waals surface area contributed by atoms with E-state index >= 15 is 0 Å². The topological polar surface area (TPSA) is 57.5 Å². The fourth-order valence-electron chi connectivity index (χ4n) is 3.75. The van der Waals surface area contributed by atoms with E-state index in [9.17, 15) is 9.59 Å². The first-order chi connectivity index (χ1) is 16.2. The molecule has 1 aliphatic carbocycles. The molecule has 33 heavy (non-hydrogen) atoms. The van der Waals surface area contributed by atoms with Gasteiger partial charge in [-0.25, -0.2) is 4.79 Å². The number of aryl methyl sites for hydroxylation is 1. The van der Waals surface area contributed by atoms with Crippen LogP contribution in [0.25, 0.3) is 11.0 Å². The zero-order chi connectivity index (χ0) is 23.6. The van der Waals surface area contributed by atoms with E-state index in [1.54, 1.807) is 36.5 Å². The average Bonchev–Trinajstić information content (AvgIpc) is 3.24. The third-order valence-corrected chi connectivity index (χ3v) is 6.44. The number of carbonyl (C=O) groups excluding carboxylic acids is 2. The molecule has 7 heteroatoms. The molecule has 4 rings (SSSR count). The molecule has 0 N–H and O–H groups in total. The summed E-state index contributed by atoms with van der Waals surface area (Å²) in [5.41, 5.74) is 3.60. The maximum absolute atomic E-state index is 12.9. The molecule has 0 spiro atoms. The number of esters is 1. The van der Waals surface area contributed by atoms with Gasteiger partial charge in [-0.15, -0.1) is 5.70 Å². The number of nitrogens with zero attached hydrogens (tertiary/aromatic N) is 1. The van der Waals surface area contributed by atoms with Crippen LogP contribution in [-0.4, -0.2) is 18.4 Å². The molecule has 0 bridgehead atoms. The first-order valence-electron chi connectivity index (χ1n) is 10.7. The summed E-state index contributed by atoms with van der Waals surface area (Å²) in [5, 5.41) is 5.49. The van der Waals surface area contributed by atoms with Gasteiger partial charge in [0.05, 0.1) is 12.2 Å². The Kier molecular flexibility index (Phi) is 9.76. The van der Waals surface area contributed by atoms with Crippen LogP contribution in [0, 0.1) is 0 Å². The monoisotopic (exact) mass is 528 g/mol. The molecule has 4 nitrogen and oxygen atoms in total. The molecular weight excluding hydrogens is 505 g/mol. The molecule has 1 aliphatic rings. The number of carbonyl (C=O) groups is 2. The molecule has 0 unspecified atom stereocenters. The van der Waals surface area contributed by atoms with Crippen molar-refractivity contribution in [1.82, 2.24) is 0 Å². The Morgan fingerprint density at radius 2 is 1.61 bits per heavy atom. The summed E-state index contributed by atoms with van der Waals surface area (Å²) < 4.78 is 5.35. The number of hydrogen-bond acceptors (Lipinski definition) is 4. The van der Waals surface area contributed by atoms with Crippen LogP contribution in [-0.2, 0) is 32.7 Å². The molecule has 3 aromatic rings. The number of allylic oxidation sites excluding steroid dienone is 1. The van der Waals surface area contributed by atoms with Crippen LogP contribution >= 0.6 is 21.4 Å². The van der Waals surface area contributed by atoms with Crippen LogP contribution in [0.3, 0.4) is 0 Å². The Morgan fingerprint density at radius 3 is 2.24 bits per heavy atom. The van der Waals surface area contributed by atoms with Crippen LogP contribution in [0.15, 0.2) is 66.7 Å². The van der Waals surface area contributed by atoms with E-state index in [2.05, 4.69) is 25.2 Å². The molecule has 0 aliphatic heterocycles. The van der Waals surface area contributed by atoms with Gasteiger partial charge in [0.25, 0.3) is 0 Å². The molecule has 0 saturated heterocycles. The summed E-state index contributed by atoms with van der Waals surface area (Å²) in [6.07, 6.45) is 5.54. The minimum atomic E-state index is -0.331. The normalized spacial score (nSPS) is 12.8. The van der Waals surface area contributed by atoms with Gasteiger partial charge in [0.15, 0.2) is 5.78 Å². The third-order valence-electron chi connectivity index (χ3n) is 5.25. The molecular formula is C26H24ClCuNO3S. The molecule has 1 aromatic heterocycles. The summed E-state index contributed by atoms with van der Waals surface area (Å²) in [6, 6.07) is 18.7. The van der Waals surface area contributed by atoms with Gasteiger partial charge in [0.1, 0.15) is 0 Å². The van der Waals surface area contributed by atoms with Crippen molar-refractivity contribution >= 4 is 43.9 Å². The van der Waals surface area contributed by atoms with Crippen molar-refractivity contribution in [3.8, 4) is 0 Å². The summed E-state index contributed by atoms with van der Waals surface area (Å²) >= 11 is 5.20. The molecule has 175 valence electrons. The van der Waals surface area contributed by atoms with Crippen molar-refractivity contribution in [1.29, 1.82) is 0 Å². The molecule has 0 fully saturated rings. The number of rotatable bonds is 7. The van der Waals surface area contributed by atoms with E-state index in [4.69, 9.17) is 10.1 Å². The van der Waals surface area contributed by atoms with E-state index < -0.39 is 0 Å². The molecule has 0 amide bonds. The molecule has 2 aromatic carbocycles. The summed E-state index contributed by atoms with van der Waals surface area (Å²) in [7, 11) is 4.20. The van der Waals surface area contributed by atoms with Gasteiger partial charge in [-0.1, -0.05) is 65.7 Å². The fourth-order valence-corrected chi connectivity index (χ4v) is 5.01. The van der Waals surface area contributed by atoms with Gasteiger partial charge in [0.2, 0.25) is 0 Å².